The van der Waals surface area contributed by atoms with Crippen LogP contribution >= 0.6 is 0 Å². The van der Waals surface area contributed by atoms with E-state index >= 15 is 0 Å². The molecule has 0 aliphatic carbocycles. The fraction of sp³-hybridized carbons (Fsp3) is 0.500. The molecular formula is C18H22F3N7O3. The van der Waals surface area contributed by atoms with Crippen LogP contribution in [0.1, 0.15) is 31.0 Å². The maximum atomic E-state index is 11.6. The Morgan fingerprint density at radius 2 is 1.87 bits per heavy atom. The highest BCUT2D eigenvalue weighted by Crippen LogP contribution is 2.32. The molecule has 0 spiro atoms. The molecule has 1 unspecified atom stereocenters. The first-order valence-electron chi connectivity index (χ1n) is 9.27. The number of alkyl halides is 3. The standard InChI is InChI=1S/C16H21N7O.C2HF3O2/c1-11-8-14(12(2)19-20-17)16(23-10-18-9-15(11)23)22-6-4-21(5-7-22)13(3)24;3-2(4,5)1(6)7/h8-10,12H,4-7H2,1-3H3;(H,6,7). The molecule has 0 radical (unpaired) electrons. The number of amides is 1. The minimum absolute atomic E-state index is 0.106. The van der Waals surface area contributed by atoms with Gasteiger partial charge in [-0.25, -0.2) is 9.78 Å². The second-order valence-electron chi connectivity index (χ2n) is 6.93. The summed E-state index contributed by atoms with van der Waals surface area (Å²) >= 11 is 0. The van der Waals surface area contributed by atoms with Gasteiger partial charge in [-0.05, 0) is 24.1 Å². The molecule has 0 aromatic carbocycles. The number of nitrogens with zero attached hydrogens (tertiary/aromatic N) is 7. The van der Waals surface area contributed by atoms with Crippen molar-refractivity contribution in [1.29, 1.82) is 0 Å². The van der Waals surface area contributed by atoms with Crippen molar-refractivity contribution in [3.63, 3.8) is 0 Å². The van der Waals surface area contributed by atoms with E-state index < -0.39 is 12.1 Å². The maximum Gasteiger partial charge on any atom is 0.490 e. The highest BCUT2D eigenvalue weighted by atomic mass is 19.4. The SMILES string of the molecule is CC(=O)N1CCN(c2c(C(C)N=[N+]=[N-])cc(C)c3cncn23)CC1.O=C(O)C(F)(F)F. The van der Waals surface area contributed by atoms with Crippen molar-refractivity contribution in [2.45, 2.75) is 33.0 Å². The van der Waals surface area contributed by atoms with Gasteiger partial charge in [0.05, 0.1) is 17.8 Å². The molecule has 1 aliphatic heterocycles. The molecule has 3 rings (SSSR count). The second-order valence-corrected chi connectivity index (χ2v) is 6.93. The number of carboxylic acids is 1. The van der Waals surface area contributed by atoms with Gasteiger partial charge in [0.15, 0.2) is 0 Å². The number of imidazole rings is 1. The number of azide groups is 1. The number of halogens is 3. The molecule has 2 aromatic heterocycles. The van der Waals surface area contributed by atoms with Gasteiger partial charge < -0.3 is 14.9 Å². The predicted molar refractivity (Wildman–Crippen MR) is 106 cm³/mol. The van der Waals surface area contributed by atoms with Gasteiger partial charge in [-0.2, -0.15) is 13.2 Å². The maximum absolute atomic E-state index is 11.6. The summed E-state index contributed by atoms with van der Waals surface area (Å²) in [6.07, 6.45) is -1.45. The fourth-order valence-corrected chi connectivity index (χ4v) is 3.28. The van der Waals surface area contributed by atoms with Crippen LogP contribution in [0.25, 0.3) is 16.0 Å². The number of hydrogen-bond donors (Lipinski definition) is 1. The number of anilines is 1. The molecule has 0 bridgehead atoms. The number of carboxylic acid groups (broad SMARTS) is 1. The van der Waals surface area contributed by atoms with Crippen LogP contribution in [0.2, 0.25) is 0 Å². The number of pyridine rings is 1. The number of aromatic nitrogens is 2. The van der Waals surface area contributed by atoms with Gasteiger partial charge in [0.25, 0.3) is 0 Å². The molecule has 3 heterocycles. The van der Waals surface area contributed by atoms with Crippen molar-refractivity contribution in [2.24, 2.45) is 5.11 Å². The minimum Gasteiger partial charge on any atom is -0.475 e. The third-order valence-corrected chi connectivity index (χ3v) is 4.84. The Bertz CT molecular complexity index is 1010. The summed E-state index contributed by atoms with van der Waals surface area (Å²) in [5.74, 6) is -1.65. The predicted octanol–water partition coefficient (Wildman–Crippen LogP) is 3.32. The number of aryl methyl sites for hydroxylation is 1. The molecule has 1 aliphatic rings. The number of carbonyl (C=O) groups excluding carboxylic acids is 1. The van der Waals surface area contributed by atoms with Crippen molar-refractivity contribution in [1.82, 2.24) is 14.3 Å². The van der Waals surface area contributed by atoms with E-state index in [4.69, 9.17) is 15.4 Å². The van der Waals surface area contributed by atoms with E-state index in [1.54, 1.807) is 13.3 Å². The van der Waals surface area contributed by atoms with Gasteiger partial charge in [0.1, 0.15) is 12.1 Å². The van der Waals surface area contributed by atoms with Gasteiger partial charge in [-0.3, -0.25) is 9.20 Å². The average Bonchev–Trinajstić information content (AvgIpc) is 3.18. The Morgan fingerprint density at radius 1 is 1.29 bits per heavy atom. The number of hydrogen-bond acceptors (Lipinski definition) is 5. The number of aliphatic carboxylic acids is 1. The summed E-state index contributed by atoms with van der Waals surface area (Å²) in [4.78, 5) is 31.8. The lowest BCUT2D eigenvalue weighted by Gasteiger charge is -2.37. The highest BCUT2D eigenvalue weighted by Gasteiger charge is 2.38. The molecule has 10 nitrogen and oxygen atoms in total. The van der Waals surface area contributed by atoms with Crippen molar-refractivity contribution in [3.05, 3.63) is 40.2 Å². The Morgan fingerprint density at radius 3 is 2.35 bits per heavy atom. The normalized spacial score (nSPS) is 15.0. The Balaban J connectivity index is 0.000000423. The van der Waals surface area contributed by atoms with Crippen molar-refractivity contribution in [2.75, 3.05) is 31.1 Å². The topological polar surface area (TPSA) is 127 Å². The first-order valence-corrected chi connectivity index (χ1v) is 9.27. The zero-order valence-electron chi connectivity index (χ0n) is 17.2. The molecule has 2 aromatic rings. The third-order valence-electron chi connectivity index (χ3n) is 4.84. The van der Waals surface area contributed by atoms with Crippen molar-refractivity contribution >= 4 is 23.2 Å². The average molecular weight is 441 g/mol. The first kappa shape index (κ1) is 23.8. The third kappa shape index (κ3) is 5.57. The number of piperazine rings is 1. The van der Waals surface area contributed by atoms with Gasteiger partial charge in [0, 0.05) is 43.6 Å². The van der Waals surface area contributed by atoms with Gasteiger partial charge in [0.2, 0.25) is 5.91 Å². The van der Waals surface area contributed by atoms with Crippen LogP contribution in [0.5, 0.6) is 0 Å². The van der Waals surface area contributed by atoms with Gasteiger partial charge in [-0.15, -0.1) is 0 Å². The largest absolute Gasteiger partial charge is 0.490 e. The molecule has 0 saturated carbocycles. The molecule has 168 valence electrons. The molecule has 13 heteroatoms. The smallest absolute Gasteiger partial charge is 0.475 e. The van der Waals surface area contributed by atoms with Crippen LogP contribution in [-0.4, -0.2) is 63.6 Å². The minimum atomic E-state index is -5.08. The van der Waals surface area contributed by atoms with Gasteiger partial charge >= 0.3 is 12.1 Å². The van der Waals surface area contributed by atoms with Crippen LogP contribution in [-0.2, 0) is 9.59 Å². The summed E-state index contributed by atoms with van der Waals surface area (Å²) in [6, 6.07) is 1.80. The Labute approximate surface area is 175 Å². The Hall–Kier alpha value is -3.47. The quantitative estimate of drug-likeness (QED) is 0.444. The van der Waals surface area contributed by atoms with Crippen LogP contribution in [0.4, 0.5) is 19.0 Å². The molecule has 1 fully saturated rings. The van der Waals surface area contributed by atoms with Crippen LogP contribution < -0.4 is 4.90 Å². The van der Waals surface area contributed by atoms with Gasteiger partial charge in [-0.1, -0.05) is 12.0 Å². The van der Waals surface area contributed by atoms with E-state index in [0.29, 0.717) is 13.1 Å². The van der Waals surface area contributed by atoms with Crippen LogP contribution in [0, 0.1) is 6.92 Å². The van der Waals surface area contributed by atoms with E-state index in [9.17, 15) is 18.0 Å². The first-order chi connectivity index (χ1) is 14.5. The molecule has 1 saturated heterocycles. The number of rotatable bonds is 3. The van der Waals surface area contributed by atoms with E-state index in [1.807, 2.05) is 24.9 Å². The lowest BCUT2D eigenvalue weighted by molar-refractivity contribution is -0.192. The fourth-order valence-electron chi connectivity index (χ4n) is 3.28. The summed E-state index contributed by atoms with van der Waals surface area (Å²) in [7, 11) is 0. The van der Waals surface area contributed by atoms with Crippen LogP contribution in [0.15, 0.2) is 23.7 Å². The highest BCUT2D eigenvalue weighted by molar-refractivity contribution is 5.74. The summed E-state index contributed by atoms with van der Waals surface area (Å²) in [5, 5.41) is 11.0. The summed E-state index contributed by atoms with van der Waals surface area (Å²) in [5.41, 5.74) is 11.9. The number of carbonyl (C=O) groups is 2. The monoisotopic (exact) mass is 441 g/mol. The zero-order chi connectivity index (χ0) is 23.3. The van der Waals surface area contributed by atoms with E-state index in [-0.39, 0.29) is 11.9 Å². The summed E-state index contributed by atoms with van der Waals surface area (Å²) in [6.45, 7) is 8.39. The lowest BCUT2D eigenvalue weighted by Crippen LogP contribution is -2.48. The molecule has 31 heavy (non-hydrogen) atoms. The molecular weight excluding hydrogens is 419 g/mol. The number of fused-ring (bicyclic) bond motifs is 1. The van der Waals surface area contributed by atoms with Crippen LogP contribution in [0.3, 0.4) is 0 Å². The zero-order valence-corrected chi connectivity index (χ0v) is 17.2. The molecule has 1 N–H and O–H groups in total. The van der Waals surface area contributed by atoms with Crippen molar-refractivity contribution in [3.8, 4) is 0 Å². The second kappa shape index (κ2) is 9.56. The molecule has 1 atom stereocenters. The summed E-state index contributed by atoms with van der Waals surface area (Å²) < 4.78 is 33.8. The lowest BCUT2D eigenvalue weighted by atomic mass is 10.1. The van der Waals surface area contributed by atoms with E-state index in [1.165, 1.54) is 0 Å². The van der Waals surface area contributed by atoms with Crippen molar-refractivity contribution < 1.29 is 27.9 Å². The Kier molecular flexibility index (Phi) is 7.34. The van der Waals surface area contributed by atoms with E-state index in [2.05, 4.69) is 30.4 Å². The molecule has 1 amide bonds. The van der Waals surface area contributed by atoms with E-state index in [0.717, 1.165) is 35.6 Å².